The fraction of sp³-hybridized carbons (Fsp3) is 0.517. The quantitative estimate of drug-likeness (QED) is 0.473. The summed E-state index contributed by atoms with van der Waals surface area (Å²) in [6.45, 7) is 10.8. The highest BCUT2D eigenvalue weighted by molar-refractivity contribution is 5.85. The second-order valence-electron chi connectivity index (χ2n) is 10.4. The largest absolute Gasteiger partial charge is 0.385 e. The van der Waals surface area contributed by atoms with E-state index in [0.717, 1.165) is 89.5 Å². The molecule has 0 radical (unpaired) electrons. The molecule has 0 saturated carbocycles. The monoisotopic (exact) mass is 485 g/mol. The van der Waals surface area contributed by atoms with E-state index < -0.39 is 0 Å². The molecule has 3 fully saturated rings. The van der Waals surface area contributed by atoms with Crippen LogP contribution in [0, 0.1) is 0 Å². The third-order valence-electron chi connectivity index (χ3n) is 7.93. The van der Waals surface area contributed by atoms with Gasteiger partial charge in [-0.1, -0.05) is 30.3 Å². The van der Waals surface area contributed by atoms with E-state index in [1.807, 2.05) is 0 Å². The van der Waals surface area contributed by atoms with Crippen molar-refractivity contribution in [1.82, 2.24) is 14.9 Å². The molecule has 0 aliphatic carbocycles. The Kier molecular flexibility index (Phi) is 7.07. The summed E-state index contributed by atoms with van der Waals surface area (Å²) in [6.07, 6.45) is 6.19. The standard InChI is InChI=1S/C29H39N7/c1-2-9-25-22-26(11-10-24(25)8-1)30-12-7-13-33-18-20-35(21-19-33)28-23-27(34-14-3-4-15-34)31-29(32-28)36-16-5-6-17-36/h1-2,8-11,22-23,30H,3-7,12-21H2. The maximum absolute atomic E-state index is 5.05. The van der Waals surface area contributed by atoms with Gasteiger partial charge >= 0.3 is 0 Å². The molecule has 190 valence electrons. The maximum atomic E-state index is 5.05. The Balaban J connectivity index is 1.02. The van der Waals surface area contributed by atoms with Gasteiger partial charge in [0, 0.05) is 70.7 Å². The van der Waals surface area contributed by atoms with E-state index in [4.69, 9.17) is 9.97 Å². The molecule has 3 aromatic rings. The van der Waals surface area contributed by atoms with Crippen LogP contribution in [0.3, 0.4) is 0 Å². The molecule has 2 aromatic carbocycles. The topological polar surface area (TPSA) is 50.8 Å². The first-order chi connectivity index (χ1) is 17.8. The number of nitrogens with one attached hydrogen (secondary N) is 1. The van der Waals surface area contributed by atoms with Crippen LogP contribution in [-0.4, -0.2) is 80.3 Å². The van der Waals surface area contributed by atoms with E-state index in [2.05, 4.69) is 73.4 Å². The minimum atomic E-state index is 0.939. The number of hydrogen-bond acceptors (Lipinski definition) is 7. The molecule has 6 rings (SSSR count). The molecule has 0 atom stereocenters. The Morgan fingerprint density at radius 2 is 1.28 bits per heavy atom. The summed E-state index contributed by atoms with van der Waals surface area (Å²) in [6, 6.07) is 17.4. The van der Waals surface area contributed by atoms with Crippen molar-refractivity contribution in [3.05, 3.63) is 48.5 Å². The molecular formula is C29H39N7. The number of aromatic nitrogens is 2. The maximum Gasteiger partial charge on any atom is 0.229 e. The van der Waals surface area contributed by atoms with Gasteiger partial charge in [-0.25, -0.2) is 0 Å². The summed E-state index contributed by atoms with van der Waals surface area (Å²) < 4.78 is 0. The normalized spacial score (nSPS) is 18.9. The molecule has 36 heavy (non-hydrogen) atoms. The van der Waals surface area contributed by atoms with Gasteiger partial charge in [0.15, 0.2) is 0 Å². The lowest BCUT2D eigenvalue weighted by Crippen LogP contribution is -2.47. The summed E-state index contributed by atoms with van der Waals surface area (Å²) >= 11 is 0. The summed E-state index contributed by atoms with van der Waals surface area (Å²) in [7, 11) is 0. The summed E-state index contributed by atoms with van der Waals surface area (Å²) in [5, 5.41) is 6.21. The van der Waals surface area contributed by atoms with Crippen LogP contribution in [0.15, 0.2) is 48.5 Å². The molecule has 1 aromatic heterocycles. The fourth-order valence-corrected chi connectivity index (χ4v) is 5.77. The van der Waals surface area contributed by atoms with Gasteiger partial charge < -0.3 is 20.0 Å². The second kappa shape index (κ2) is 10.9. The van der Waals surface area contributed by atoms with E-state index in [0.29, 0.717) is 0 Å². The lowest BCUT2D eigenvalue weighted by Gasteiger charge is -2.36. The van der Waals surface area contributed by atoms with E-state index in [9.17, 15) is 0 Å². The Labute approximate surface area is 215 Å². The van der Waals surface area contributed by atoms with Crippen molar-refractivity contribution in [1.29, 1.82) is 0 Å². The third kappa shape index (κ3) is 5.36. The lowest BCUT2D eigenvalue weighted by atomic mass is 10.1. The smallest absolute Gasteiger partial charge is 0.229 e. The van der Waals surface area contributed by atoms with Crippen LogP contribution in [0.5, 0.6) is 0 Å². The van der Waals surface area contributed by atoms with E-state index in [-0.39, 0.29) is 0 Å². The number of rotatable bonds is 8. The molecule has 0 spiro atoms. The lowest BCUT2D eigenvalue weighted by molar-refractivity contribution is 0.256. The van der Waals surface area contributed by atoms with Crippen LogP contribution < -0.4 is 20.0 Å². The van der Waals surface area contributed by atoms with Gasteiger partial charge in [0.25, 0.3) is 0 Å². The Bertz CT molecular complexity index is 1110. The molecule has 1 N–H and O–H groups in total. The van der Waals surface area contributed by atoms with Crippen LogP contribution in [0.2, 0.25) is 0 Å². The van der Waals surface area contributed by atoms with Crippen molar-refractivity contribution in [3.63, 3.8) is 0 Å². The van der Waals surface area contributed by atoms with Gasteiger partial charge in [-0.3, -0.25) is 4.90 Å². The van der Waals surface area contributed by atoms with Crippen molar-refractivity contribution in [2.75, 3.05) is 85.5 Å². The average Bonchev–Trinajstić information content (AvgIpc) is 3.66. The highest BCUT2D eigenvalue weighted by Gasteiger charge is 2.24. The Hall–Kier alpha value is -3.06. The zero-order valence-corrected chi connectivity index (χ0v) is 21.4. The van der Waals surface area contributed by atoms with Crippen LogP contribution >= 0.6 is 0 Å². The molecular weight excluding hydrogens is 446 g/mol. The third-order valence-corrected chi connectivity index (χ3v) is 7.93. The predicted octanol–water partition coefficient (Wildman–Crippen LogP) is 4.45. The molecule has 3 saturated heterocycles. The number of nitrogens with zero attached hydrogens (tertiary/aromatic N) is 6. The number of fused-ring (bicyclic) bond motifs is 1. The van der Waals surface area contributed by atoms with Gasteiger partial charge in [-0.05, 0) is 61.6 Å². The predicted molar refractivity (Wildman–Crippen MR) is 151 cm³/mol. The number of hydrogen-bond donors (Lipinski definition) is 1. The molecule has 7 heteroatoms. The fourth-order valence-electron chi connectivity index (χ4n) is 5.77. The Morgan fingerprint density at radius 3 is 2.00 bits per heavy atom. The van der Waals surface area contributed by atoms with Gasteiger partial charge in [0.2, 0.25) is 5.95 Å². The molecule has 0 unspecified atom stereocenters. The molecule has 3 aliphatic rings. The minimum absolute atomic E-state index is 0.939. The first-order valence-corrected chi connectivity index (χ1v) is 13.9. The Morgan fingerprint density at radius 1 is 0.639 bits per heavy atom. The van der Waals surface area contributed by atoms with E-state index in [1.165, 1.54) is 42.1 Å². The highest BCUT2D eigenvalue weighted by atomic mass is 15.3. The zero-order chi connectivity index (χ0) is 24.2. The van der Waals surface area contributed by atoms with Gasteiger partial charge in [-0.2, -0.15) is 9.97 Å². The van der Waals surface area contributed by atoms with Gasteiger partial charge in [0.05, 0.1) is 0 Å². The molecule has 3 aliphatic heterocycles. The highest BCUT2D eigenvalue weighted by Crippen LogP contribution is 2.28. The molecule has 0 amide bonds. The second-order valence-corrected chi connectivity index (χ2v) is 10.4. The summed E-state index contributed by atoms with van der Waals surface area (Å²) in [5.41, 5.74) is 1.21. The van der Waals surface area contributed by atoms with Crippen molar-refractivity contribution in [2.45, 2.75) is 32.1 Å². The zero-order valence-electron chi connectivity index (χ0n) is 21.4. The number of anilines is 4. The minimum Gasteiger partial charge on any atom is -0.385 e. The first kappa shape index (κ1) is 23.3. The van der Waals surface area contributed by atoms with Crippen LogP contribution in [0.1, 0.15) is 32.1 Å². The van der Waals surface area contributed by atoms with Crippen molar-refractivity contribution >= 4 is 34.0 Å². The van der Waals surface area contributed by atoms with Gasteiger partial charge in [-0.15, -0.1) is 0 Å². The summed E-state index contributed by atoms with van der Waals surface area (Å²) in [4.78, 5) is 19.9. The number of piperazine rings is 1. The van der Waals surface area contributed by atoms with E-state index in [1.54, 1.807) is 0 Å². The first-order valence-electron chi connectivity index (χ1n) is 13.9. The van der Waals surface area contributed by atoms with Crippen molar-refractivity contribution in [2.24, 2.45) is 0 Å². The van der Waals surface area contributed by atoms with Crippen molar-refractivity contribution < 1.29 is 0 Å². The average molecular weight is 486 g/mol. The SMILES string of the molecule is c1ccc2cc(NCCCN3CCN(c4cc(N5CCCC5)nc(N5CCCC5)n4)CC3)ccc2c1. The van der Waals surface area contributed by atoms with Crippen LogP contribution in [-0.2, 0) is 0 Å². The molecule has 7 nitrogen and oxygen atoms in total. The van der Waals surface area contributed by atoms with Crippen LogP contribution in [0.25, 0.3) is 10.8 Å². The van der Waals surface area contributed by atoms with Crippen molar-refractivity contribution in [3.8, 4) is 0 Å². The van der Waals surface area contributed by atoms with Gasteiger partial charge in [0.1, 0.15) is 11.6 Å². The number of benzene rings is 2. The molecule has 0 bridgehead atoms. The molecule has 4 heterocycles. The van der Waals surface area contributed by atoms with Crippen LogP contribution in [0.4, 0.5) is 23.3 Å². The van der Waals surface area contributed by atoms with E-state index >= 15 is 0 Å². The summed E-state index contributed by atoms with van der Waals surface area (Å²) in [5.74, 6) is 3.18.